The van der Waals surface area contributed by atoms with Crippen molar-refractivity contribution >= 4 is 0 Å². The molecule has 2 bridgehead atoms. The van der Waals surface area contributed by atoms with Crippen molar-refractivity contribution in [3.05, 3.63) is 35.1 Å². The van der Waals surface area contributed by atoms with Gasteiger partial charge in [-0.15, -0.1) is 0 Å². The van der Waals surface area contributed by atoms with Gasteiger partial charge < -0.3 is 5.32 Å². The maximum atomic E-state index is 13.7. The molecule has 0 aliphatic heterocycles. The predicted molar refractivity (Wildman–Crippen MR) is 69.6 cm³/mol. The van der Waals surface area contributed by atoms with Crippen LogP contribution in [0.25, 0.3) is 0 Å². The molecule has 4 rings (SSSR count). The summed E-state index contributed by atoms with van der Waals surface area (Å²) < 4.78 is 13.7. The van der Waals surface area contributed by atoms with E-state index in [0.717, 1.165) is 34.8 Å². The molecule has 1 N–H and O–H groups in total. The quantitative estimate of drug-likeness (QED) is 0.862. The molecule has 4 unspecified atom stereocenters. The SMILES string of the molecule is Cc1ccc(F)c(CNC2C3C4CCC(C4)C23)c1. The lowest BCUT2D eigenvalue weighted by Crippen LogP contribution is -2.23. The first-order valence-electron chi connectivity index (χ1n) is 7.22. The van der Waals surface area contributed by atoms with E-state index in [4.69, 9.17) is 0 Å². The monoisotopic (exact) mass is 245 g/mol. The summed E-state index contributed by atoms with van der Waals surface area (Å²) in [6, 6.07) is 6.08. The molecule has 0 amide bonds. The minimum atomic E-state index is -0.0677. The van der Waals surface area contributed by atoms with Gasteiger partial charge in [0.1, 0.15) is 5.82 Å². The third-order valence-corrected chi connectivity index (χ3v) is 5.46. The zero-order chi connectivity index (χ0) is 12.3. The second-order valence-corrected chi connectivity index (χ2v) is 6.49. The van der Waals surface area contributed by atoms with E-state index < -0.39 is 0 Å². The van der Waals surface area contributed by atoms with Crippen LogP contribution in [0.2, 0.25) is 0 Å². The van der Waals surface area contributed by atoms with E-state index >= 15 is 0 Å². The fourth-order valence-corrected chi connectivity index (χ4v) is 4.66. The third kappa shape index (κ3) is 1.55. The van der Waals surface area contributed by atoms with Crippen molar-refractivity contribution in [2.75, 3.05) is 0 Å². The van der Waals surface area contributed by atoms with Crippen LogP contribution in [0.4, 0.5) is 4.39 Å². The largest absolute Gasteiger partial charge is 0.309 e. The molecule has 0 heterocycles. The molecule has 1 aromatic carbocycles. The number of halogens is 1. The van der Waals surface area contributed by atoms with Gasteiger partial charge >= 0.3 is 0 Å². The number of fused-ring (bicyclic) bond motifs is 5. The lowest BCUT2D eigenvalue weighted by molar-refractivity contribution is 0.456. The van der Waals surface area contributed by atoms with Crippen molar-refractivity contribution in [2.45, 2.75) is 38.8 Å². The highest BCUT2D eigenvalue weighted by Crippen LogP contribution is 2.65. The molecule has 0 radical (unpaired) electrons. The number of rotatable bonds is 3. The van der Waals surface area contributed by atoms with Crippen molar-refractivity contribution in [3.8, 4) is 0 Å². The molecule has 3 fully saturated rings. The van der Waals surface area contributed by atoms with E-state index in [2.05, 4.69) is 5.32 Å². The van der Waals surface area contributed by atoms with Crippen LogP contribution in [0.1, 0.15) is 30.4 Å². The highest BCUT2D eigenvalue weighted by molar-refractivity contribution is 5.25. The number of benzene rings is 1. The lowest BCUT2D eigenvalue weighted by Gasteiger charge is -2.11. The molecule has 96 valence electrons. The first-order valence-corrected chi connectivity index (χ1v) is 7.22. The second-order valence-electron chi connectivity index (χ2n) is 6.49. The van der Waals surface area contributed by atoms with E-state index in [0.29, 0.717) is 12.6 Å². The van der Waals surface area contributed by atoms with Gasteiger partial charge in [0.15, 0.2) is 0 Å². The number of hydrogen-bond acceptors (Lipinski definition) is 1. The van der Waals surface area contributed by atoms with E-state index in [1.807, 2.05) is 19.1 Å². The van der Waals surface area contributed by atoms with Crippen LogP contribution in [0.5, 0.6) is 0 Å². The molecule has 4 atom stereocenters. The average Bonchev–Trinajstić information content (AvgIpc) is 2.76. The smallest absolute Gasteiger partial charge is 0.127 e. The normalized spacial score (nSPS) is 40.0. The molecule has 1 nitrogen and oxygen atoms in total. The molecule has 1 aromatic rings. The summed E-state index contributed by atoms with van der Waals surface area (Å²) in [5.41, 5.74) is 1.97. The van der Waals surface area contributed by atoms with Crippen LogP contribution < -0.4 is 5.32 Å². The number of hydrogen-bond donors (Lipinski definition) is 1. The van der Waals surface area contributed by atoms with Crippen molar-refractivity contribution in [2.24, 2.45) is 23.7 Å². The van der Waals surface area contributed by atoms with Crippen molar-refractivity contribution in [3.63, 3.8) is 0 Å². The Labute approximate surface area is 108 Å². The molecule has 3 saturated carbocycles. The van der Waals surface area contributed by atoms with E-state index in [9.17, 15) is 4.39 Å². The molecule has 18 heavy (non-hydrogen) atoms. The van der Waals surface area contributed by atoms with Crippen LogP contribution in [-0.4, -0.2) is 6.04 Å². The second kappa shape index (κ2) is 3.80. The molecule has 0 spiro atoms. The summed E-state index contributed by atoms with van der Waals surface area (Å²) in [6.45, 7) is 2.72. The van der Waals surface area contributed by atoms with Gasteiger partial charge in [0.2, 0.25) is 0 Å². The van der Waals surface area contributed by atoms with Gasteiger partial charge in [-0.1, -0.05) is 17.7 Å². The molecule has 3 aliphatic rings. The van der Waals surface area contributed by atoms with Gasteiger partial charge in [-0.2, -0.15) is 0 Å². The van der Waals surface area contributed by atoms with Gasteiger partial charge in [0.05, 0.1) is 0 Å². The van der Waals surface area contributed by atoms with Crippen LogP contribution in [0.3, 0.4) is 0 Å². The highest BCUT2D eigenvalue weighted by Gasteiger charge is 2.64. The summed E-state index contributed by atoms with van der Waals surface area (Å²) in [7, 11) is 0. The number of nitrogens with one attached hydrogen (secondary N) is 1. The van der Waals surface area contributed by atoms with Gasteiger partial charge in [-0.3, -0.25) is 0 Å². The van der Waals surface area contributed by atoms with E-state index in [-0.39, 0.29) is 5.82 Å². The maximum Gasteiger partial charge on any atom is 0.127 e. The summed E-state index contributed by atoms with van der Waals surface area (Å²) in [6.07, 6.45) is 4.37. The topological polar surface area (TPSA) is 12.0 Å². The van der Waals surface area contributed by atoms with Crippen LogP contribution in [-0.2, 0) is 6.54 Å². The highest BCUT2D eigenvalue weighted by atomic mass is 19.1. The molecule has 0 saturated heterocycles. The van der Waals surface area contributed by atoms with Crippen molar-refractivity contribution < 1.29 is 4.39 Å². The molecule has 3 aliphatic carbocycles. The zero-order valence-corrected chi connectivity index (χ0v) is 10.8. The van der Waals surface area contributed by atoms with Crippen LogP contribution in [0.15, 0.2) is 18.2 Å². The minimum absolute atomic E-state index is 0.0677. The average molecular weight is 245 g/mol. The van der Waals surface area contributed by atoms with Crippen LogP contribution >= 0.6 is 0 Å². The first-order chi connectivity index (χ1) is 8.74. The minimum Gasteiger partial charge on any atom is -0.309 e. The molecule has 2 heteroatoms. The maximum absolute atomic E-state index is 13.7. The Kier molecular flexibility index (Phi) is 2.32. The Morgan fingerprint density at radius 2 is 1.94 bits per heavy atom. The molecule has 0 aromatic heterocycles. The Hall–Kier alpha value is -0.890. The predicted octanol–water partition coefficient (Wildman–Crippen LogP) is 3.27. The van der Waals surface area contributed by atoms with E-state index in [1.165, 1.54) is 19.3 Å². The molecular formula is C16H20FN. The fraction of sp³-hybridized carbons (Fsp3) is 0.625. The Bertz CT molecular complexity index is 468. The van der Waals surface area contributed by atoms with Crippen molar-refractivity contribution in [1.29, 1.82) is 0 Å². The first kappa shape index (κ1) is 11.0. The molecular weight excluding hydrogens is 225 g/mol. The Morgan fingerprint density at radius 1 is 1.22 bits per heavy atom. The Morgan fingerprint density at radius 3 is 2.67 bits per heavy atom. The summed E-state index contributed by atoms with van der Waals surface area (Å²) in [4.78, 5) is 0. The van der Waals surface area contributed by atoms with Gasteiger partial charge in [0.25, 0.3) is 0 Å². The standard InChI is InChI=1S/C16H20FN/c1-9-2-5-13(17)12(6-9)8-18-16-14-10-3-4-11(7-10)15(14)16/h2,5-6,10-11,14-16,18H,3-4,7-8H2,1H3. The summed E-state index contributed by atoms with van der Waals surface area (Å²) in [5, 5.41) is 3.60. The fourth-order valence-electron chi connectivity index (χ4n) is 4.66. The summed E-state index contributed by atoms with van der Waals surface area (Å²) in [5.74, 6) is 3.76. The van der Waals surface area contributed by atoms with Gasteiger partial charge in [0, 0.05) is 18.2 Å². The summed E-state index contributed by atoms with van der Waals surface area (Å²) >= 11 is 0. The third-order valence-electron chi connectivity index (χ3n) is 5.46. The lowest BCUT2D eigenvalue weighted by atomic mass is 10.0. The number of aryl methyl sites for hydroxylation is 1. The van der Waals surface area contributed by atoms with Gasteiger partial charge in [-0.05, 0) is 55.9 Å². The van der Waals surface area contributed by atoms with E-state index in [1.54, 1.807) is 6.07 Å². The Balaban J connectivity index is 1.41. The van der Waals surface area contributed by atoms with Crippen molar-refractivity contribution in [1.82, 2.24) is 5.32 Å². The van der Waals surface area contributed by atoms with Crippen LogP contribution in [0, 0.1) is 36.4 Å². The van der Waals surface area contributed by atoms with Gasteiger partial charge in [-0.25, -0.2) is 4.39 Å². The zero-order valence-electron chi connectivity index (χ0n) is 10.8.